The summed E-state index contributed by atoms with van der Waals surface area (Å²) in [6, 6.07) is 0. The molecule has 0 aliphatic heterocycles. The van der Waals surface area contributed by atoms with Crippen LogP contribution in [0.3, 0.4) is 0 Å². The van der Waals surface area contributed by atoms with E-state index in [1.54, 1.807) is 0 Å². The molecule has 0 aromatic carbocycles. The molecule has 0 saturated heterocycles. The van der Waals surface area contributed by atoms with Gasteiger partial charge < -0.3 is 0 Å². The molecule has 0 nitrogen and oxygen atoms in total. The van der Waals surface area contributed by atoms with Crippen LogP contribution in [0.15, 0.2) is 0 Å². The maximum absolute atomic E-state index is 11.2. The Balaban J connectivity index is 0. The minimum atomic E-state index is -2.15. The fourth-order valence-corrected chi connectivity index (χ4v) is 0. The first-order valence-electron chi connectivity index (χ1n) is 1.92. The van der Waals surface area contributed by atoms with Crippen LogP contribution in [0.25, 0.3) is 0 Å². The third kappa shape index (κ3) is 6.86. The molecule has 0 aromatic rings. The van der Waals surface area contributed by atoms with E-state index in [2.05, 4.69) is 0 Å². The van der Waals surface area contributed by atoms with E-state index >= 15 is 0 Å². The topological polar surface area (TPSA) is 0 Å². The normalized spacial score (nSPS) is 9.43. The van der Waals surface area contributed by atoms with Crippen LogP contribution in [0, 0.1) is 5.92 Å². The summed E-state index contributed by atoms with van der Waals surface area (Å²) >= 11 is 0. The minimum absolute atomic E-state index is 0. The fraction of sp³-hybridized carbons (Fsp3) is 1.00. The summed E-state index contributed by atoms with van der Waals surface area (Å²) in [5.41, 5.74) is 0. The second kappa shape index (κ2) is 5.01. The zero-order chi connectivity index (χ0) is 5.15. The molecule has 0 aliphatic rings. The van der Waals surface area contributed by atoms with Crippen molar-refractivity contribution in [2.24, 2.45) is 5.92 Å². The molecule has 7 heavy (non-hydrogen) atoms. The summed E-state index contributed by atoms with van der Waals surface area (Å²) in [6.45, 7) is 2.98. The van der Waals surface area contributed by atoms with Crippen molar-refractivity contribution in [3.63, 3.8) is 0 Å². The molecule has 0 aliphatic carbocycles. The van der Waals surface area contributed by atoms with Crippen molar-refractivity contribution in [3.05, 3.63) is 0 Å². The molecule has 0 rings (SSSR count). The molecule has 0 N–H and O–H groups in total. The number of alkyl halides is 2. The van der Waals surface area contributed by atoms with Gasteiger partial charge in [-0.2, -0.15) is 0 Å². The monoisotopic (exact) mass is 118 g/mol. The van der Waals surface area contributed by atoms with Crippen LogP contribution in [-0.2, 0) is 0 Å². The van der Waals surface area contributed by atoms with Crippen molar-refractivity contribution < 1.29 is 8.78 Å². The Morgan fingerprint density at radius 1 is 1.14 bits per heavy atom. The summed E-state index contributed by atoms with van der Waals surface area (Å²) in [4.78, 5) is 0. The Bertz CT molecular complexity index is 30.7. The van der Waals surface area contributed by atoms with Crippen molar-refractivity contribution >= 4 is 29.6 Å². The van der Waals surface area contributed by atoms with Crippen molar-refractivity contribution in [2.75, 3.05) is 0 Å². The molecule has 40 valence electrons. The standard InChI is InChI=1S/C4H8F2.Na.H/c1-3(2)4(5)6;;/h3-4H,1-2H3;;. The van der Waals surface area contributed by atoms with Gasteiger partial charge in [0.1, 0.15) is 0 Å². The van der Waals surface area contributed by atoms with Gasteiger partial charge in [-0.25, -0.2) is 8.78 Å². The molecule has 3 heteroatoms. The summed E-state index contributed by atoms with van der Waals surface area (Å²) in [7, 11) is 0. The predicted molar refractivity (Wildman–Crippen MR) is 28.0 cm³/mol. The van der Waals surface area contributed by atoms with Gasteiger partial charge in [0.25, 0.3) is 0 Å². The van der Waals surface area contributed by atoms with Crippen LogP contribution in [0.4, 0.5) is 8.78 Å². The van der Waals surface area contributed by atoms with Gasteiger partial charge in [-0.15, -0.1) is 0 Å². The number of hydrogen-bond donors (Lipinski definition) is 0. The van der Waals surface area contributed by atoms with Gasteiger partial charge >= 0.3 is 29.6 Å². The maximum atomic E-state index is 11.2. The molecule has 0 bridgehead atoms. The van der Waals surface area contributed by atoms with Gasteiger partial charge in [0.2, 0.25) is 6.43 Å². The zero-order valence-electron chi connectivity index (χ0n) is 3.91. The summed E-state index contributed by atoms with van der Waals surface area (Å²) in [5, 5.41) is 0. The van der Waals surface area contributed by atoms with Crippen LogP contribution in [-0.4, -0.2) is 36.0 Å². The van der Waals surface area contributed by atoms with Gasteiger partial charge in [-0.1, -0.05) is 13.8 Å². The van der Waals surface area contributed by atoms with Gasteiger partial charge in [-0.3, -0.25) is 0 Å². The van der Waals surface area contributed by atoms with E-state index in [4.69, 9.17) is 0 Å². The van der Waals surface area contributed by atoms with E-state index in [0.29, 0.717) is 0 Å². The van der Waals surface area contributed by atoms with Gasteiger partial charge in [0.15, 0.2) is 0 Å². The second-order valence-electron chi connectivity index (χ2n) is 1.58. The molecule has 0 spiro atoms. The van der Waals surface area contributed by atoms with E-state index in [1.165, 1.54) is 13.8 Å². The van der Waals surface area contributed by atoms with Gasteiger partial charge in [-0.05, 0) is 0 Å². The van der Waals surface area contributed by atoms with E-state index < -0.39 is 12.3 Å². The van der Waals surface area contributed by atoms with E-state index in [-0.39, 0.29) is 29.6 Å². The van der Waals surface area contributed by atoms with Crippen LogP contribution in [0.2, 0.25) is 0 Å². The quantitative estimate of drug-likeness (QED) is 0.455. The van der Waals surface area contributed by atoms with E-state index in [9.17, 15) is 8.78 Å². The first-order valence-corrected chi connectivity index (χ1v) is 1.92. The molecule has 0 aromatic heterocycles. The van der Waals surface area contributed by atoms with E-state index in [0.717, 1.165) is 0 Å². The Kier molecular flexibility index (Phi) is 7.70. The average Bonchev–Trinajstić information content (AvgIpc) is 1.36. The molecule has 0 atom stereocenters. The van der Waals surface area contributed by atoms with Crippen molar-refractivity contribution in [1.82, 2.24) is 0 Å². The predicted octanol–water partition coefficient (Wildman–Crippen LogP) is 1.26. The van der Waals surface area contributed by atoms with Crippen molar-refractivity contribution in [1.29, 1.82) is 0 Å². The number of halogens is 2. The average molecular weight is 118 g/mol. The zero-order valence-corrected chi connectivity index (χ0v) is 3.91. The van der Waals surface area contributed by atoms with Crippen LogP contribution < -0.4 is 0 Å². The Morgan fingerprint density at radius 3 is 1.29 bits per heavy atom. The molecule has 0 unspecified atom stereocenters. The van der Waals surface area contributed by atoms with Crippen LogP contribution >= 0.6 is 0 Å². The molecule has 0 radical (unpaired) electrons. The first-order chi connectivity index (χ1) is 2.64. The summed E-state index contributed by atoms with van der Waals surface area (Å²) in [5.74, 6) is -0.481. The SMILES string of the molecule is CC(C)C(F)F.[NaH]. The number of rotatable bonds is 1. The number of hydrogen-bond acceptors (Lipinski definition) is 0. The third-order valence-corrected chi connectivity index (χ3v) is 0.504. The van der Waals surface area contributed by atoms with Crippen LogP contribution in [0.5, 0.6) is 0 Å². The Hall–Kier alpha value is 0.860. The summed E-state index contributed by atoms with van der Waals surface area (Å²) in [6.07, 6.45) is -2.15. The van der Waals surface area contributed by atoms with Crippen molar-refractivity contribution in [2.45, 2.75) is 20.3 Å². The van der Waals surface area contributed by atoms with Gasteiger partial charge in [0.05, 0.1) is 0 Å². The molecule has 0 heterocycles. The Morgan fingerprint density at radius 2 is 1.29 bits per heavy atom. The fourth-order valence-electron chi connectivity index (χ4n) is 0. The first kappa shape index (κ1) is 10.8. The van der Waals surface area contributed by atoms with Gasteiger partial charge in [0, 0.05) is 5.92 Å². The Labute approximate surface area is 64.6 Å². The molecule has 0 amide bonds. The second-order valence-corrected chi connectivity index (χ2v) is 1.58. The van der Waals surface area contributed by atoms with Crippen molar-refractivity contribution in [3.8, 4) is 0 Å². The van der Waals surface area contributed by atoms with E-state index in [1.807, 2.05) is 0 Å². The summed E-state index contributed by atoms with van der Waals surface area (Å²) < 4.78 is 22.3. The molecular formula is C4H9F2Na. The molecular weight excluding hydrogens is 109 g/mol. The molecule has 0 saturated carbocycles. The molecule has 0 fully saturated rings. The van der Waals surface area contributed by atoms with Crippen LogP contribution in [0.1, 0.15) is 13.8 Å². The third-order valence-electron chi connectivity index (χ3n) is 0.504.